The van der Waals surface area contributed by atoms with E-state index >= 15 is 0 Å². The Morgan fingerprint density at radius 2 is 2.00 bits per heavy atom. The summed E-state index contributed by atoms with van der Waals surface area (Å²) in [6, 6.07) is 8.16. The molecule has 2 aromatic rings. The molecule has 0 spiro atoms. The molecule has 3 nitrogen and oxygen atoms in total. The van der Waals surface area contributed by atoms with Gasteiger partial charge >= 0.3 is 12.1 Å². The van der Waals surface area contributed by atoms with Crippen LogP contribution in [-0.2, 0) is 22.1 Å². The summed E-state index contributed by atoms with van der Waals surface area (Å²) in [6.45, 7) is 2.03. The lowest BCUT2D eigenvalue weighted by Crippen LogP contribution is -2.04. The number of esters is 1. The summed E-state index contributed by atoms with van der Waals surface area (Å²) in [5.41, 5.74) is -0.383. The van der Waals surface area contributed by atoms with E-state index in [1.165, 1.54) is 6.07 Å². The van der Waals surface area contributed by atoms with E-state index in [0.717, 1.165) is 12.1 Å². The maximum Gasteiger partial charge on any atom is 0.416 e. The lowest BCUT2D eigenvalue weighted by Gasteiger charge is -2.07. The van der Waals surface area contributed by atoms with E-state index in [-0.39, 0.29) is 12.4 Å². The van der Waals surface area contributed by atoms with Gasteiger partial charge in [0.1, 0.15) is 11.5 Å². The zero-order valence-corrected chi connectivity index (χ0v) is 11.9. The fourth-order valence-electron chi connectivity index (χ4n) is 1.97. The van der Waals surface area contributed by atoms with E-state index in [1.54, 1.807) is 25.1 Å². The summed E-state index contributed by atoms with van der Waals surface area (Å²) in [5, 5.41) is 0. The highest BCUT2D eigenvalue weighted by atomic mass is 19.4. The van der Waals surface area contributed by atoms with Crippen molar-refractivity contribution in [3.05, 3.63) is 47.7 Å². The van der Waals surface area contributed by atoms with Gasteiger partial charge in [-0.05, 0) is 31.2 Å². The Hall–Kier alpha value is -2.24. The number of carbonyl (C=O) groups excluding carboxylic acids is 1. The maximum atomic E-state index is 12.7. The first-order chi connectivity index (χ1) is 10.4. The summed E-state index contributed by atoms with van der Waals surface area (Å²) in [6.07, 6.45) is -3.88. The first-order valence-electron chi connectivity index (χ1n) is 6.82. The number of benzene rings is 1. The van der Waals surface area contributed by atoms with Crippen molar-refractivity contribution < 1.29 is 27.1 Å². The standard InChI is InChI=1S/C16H15F3O3/c1-2-21-15(20)9-7-13-6-8-14(22-13)11-4-3-5-12(10-11)16(17,18)19/h3-6,8,10H,2,7,9H2,1H3. The van der Waals surface area contributed by atoms with Gasteiger partial charge in [-0.25, -0.2) is 0 Å². The highest BCUT2D eigenvalue weighted by molar-refractivity contribution is 5.69. The van der Waals surface area contributed by atoms with Crippen molar-refractivity contribution in [2.24, 2.45) is 0 Å². The summed E-state index contributed by atoms with van der Waals surface area (Å²) in [7, 11) is 0. The second-order valence-electron chi connectivity index (χ2n) is 4.65. The summed E-state index contributed by atoms with van der Waals surface area (Å²) in [4.78, 5) is 11.3. The van der Waals surface area contributed by atoms with Crippen LogP contribution in [0.3, 0.4) is 0 Å². The van der Waals surface area contributed by atoms with Crippen LogP contribution < -0.4 is 0 Å². The molecule has 118 valence electrons. The molecule has 0 aliphatic carbocycles. The minimum absolute atomic E-state index is 0.170. The molecule has 2 rings (SSSR count). The number of ether oxygens (including phenoxy) is 1. The Balaban J connectivity index is 2.10. The molecule has 0 amide bonds. The van der Waals surface area contributed by atoms with Gasteiger partial charge in [0.15, 0.2) is 0 Å². The largest absolute Gasteiger partial charge is 0.466 e. The van der Waals surface area contributed by atoms with Gasteiger partial charge in [-0.2, -0.15) is 13.2 Å². The van der Waals surface area contributed by atoms with Gasteiger partial charge in [0.05, 0.1) is 18.6 Å². The molecule has 22 heavy (non-hydrogen) atoms. The van der Waals surface area contributed by atoms with Crippen LogP contribution in [0.25, 0.3) is 11.3 Å². The van der Waals surface area contributed by atoms with Gasteiger partial charge in [-0.3, -0.25) is 4.79 Å². The van der Waals surface area contributed by atoms with Crippen LogP contribution in [0, 0.1) is 0 Å². The lowest BCUT2D eigenvalue weighted by molar-refractivity contribution is -0.143. The molecule has 1 aromatic carbocycles. The summed E-state index contributed by atoms with van der Waals surface area (Å²) < 4.78 is 48.4. The van der Waals surface area contributed by atoms with Crippen molar-refractivity contribution in [1.29, 1.82) is 0 Å². The van der Waals surface area contributed by atoms with Crippen molar-refractivity contribution in [3.8, 4) is 11.3 Å². The first kappa shape index (κ1) is 16.1. The zero-order chi connectivity index (χ0) is 16.2. The van der Waals surface area contributed by atoms with Gasteiger partial charge in [0.25, 0.3) is 0 Å². The molecule has 0 saturated carbocycles. The number of furan rings is 1. The van der Waals surface area contributed by atoms with Crippen LogP contribution in [0.5, 0.6) is 0 Å². The Kier molecular flexibility index (Phi) is 4.90. The maximum absolute atomic E-state index is 12.7. The third kappa shape index (κ3) is 4.13. The van der Waals surface area contributed by atoms with Crippen molar-refractivity contribution >= 4 is 5.97 Å². The van der Waals surface area contributed by atoms with E-state index in [1.807, 2.05) is 0 Å². The fraction of sp³-hybridized carbons (Fsp3) is 0.312. The van der Waals surface area contributed by atoms with Gasteiger partial charge < -0.3 is 9.15 Å². The molecule has 6 heteroatoms. The normalized spacial score (nSPS) is 11.5. The highest BCUT2D eigenvalue weighted by Crippen LogP contribution is 2.32. The predicted molar refractivity (Wildman–Crippen MR) is 74.1 cm³/mol. The van der Waals surface area contributed by atoms with E-state index in [9.17, 15) is 18.0 Å². The Bertz CT molecular complexity index is 644. The lowest BCUT2D eigenvalue weighted by atomic mass is 10.1. The van der Waals surface area contributed by atoms with Gasteiger partial charge in [-0.15, -0.1) is 0 Å². The molecular formula is C16H15F3O3. The van der Waals surface area contributed by atoms with Crippen LogP contribution >= 0.6 is 0 Å². The molecule has 0 radical (unpaired) electrons. The molecule has 1 aromatic heterocycles. The molecule has 0 fully saturated rings. The molecule has 0 bridgehead atoms. The van der Waals surface area contributed by atoms with Gasteiger partial charge in [-0.1, -0.05) is 12.1 Å². The first-order valence-corrected chi connectivity index (χ1v) is 6.82. The van der Waals surface area contributed by atoms with E-state index < -0.39 is 11.7 Å². The zero-order valence-electron chi connectivity index (χ0n) is 11.9. The number of hydrogen-bond donors (Lipinski definition) is 0. The number of carbonyl (C=O) groups is 1. The number of hydrogen-bond acceptors (Lipinski definition) is 3. The van der Waals surface area contributed by atoms with Crippen molar-refractivity contribution in [1.82, 2.24) is 0 Å². The minimum Gasteiger partial charge on any atom is -0.466 e. The molecule has 0 atom stereocenters. The number of alkyl halides is 3. The smallest absolute Gasteiger partial charge is 0.416 e. The molecule has 0 saturated heterocycles. The Labute approximate surface area is 125 Å². The molecule has 1 heterocycles. The second kappa shape index (κ2) is 6.68. The molecule has 0 aliphatic rings. The average molecular weight is 312 g/mol. The van der Waals surface area contributed by atoms with E-state index in [4.69, 9.17) is 9.15 Å². The second-order valence-corrected chi connectivity index (χ2v) is 4.65. The average Bonchev–Trinajstić information content (AvgIpc) is 2.94. The van der Waals surface area contributed by atoms with Crippen LogP contribution in [-0.4, -0.2) is 12.6 Å². The highest BCUT2D eigenvalue weighted by Gasteiger charge is 2.30. The van der Waals surface area contributed by atoms with Crippen LogP contribution in [0.2, 0.25) is 0 Å². The molecule has 0 unspecified atom stereocenters. The monoisotopic (exact) mass is 312 g/mol. The Morgan fingerprint density at radius 3 is 2.68 bits per heavy atom. The van der Waals surface area contributed by atoms with Crippen molar-refractivity contribution in [2.75, 3.05) is 6.61 Å². The quantitative estimate of drug-likeness (QED) is 0.765. The minimum atomic E-state index is -4.39. The van der Waals surface area contributed by atoms with Crippen LogP contribution in [0.15, 0.2) is 40.8 Å². The van der Waals surface area contributed by atoms with E-state index in [0.29, 0.717) is 30.1 Å². The third-order valence-corrected chi connectivity index (χ3v) is 3.02. The van der Waals surface area contributed by atoms with Crippen LogP contribution in [0.4, 0.5) is 13.2 Å². The van der Waals surface area contributed by atoms with Crippen molar-refractivity contribution in [3.63, 3.8) is 0 Å². The predicted octanol–water partition coefficient (Wildman–Crippen LogP) is 4.46. The van der Waals surface area contributed by atoms with Crippen molar-refractivity contribution in [2.45, 2.75) is 25.9 Å². The number of rotatable bonds is 5. The Morgan fingerprint density at radius 1 is 1.23 bits per heavy atom. The number of aryl methyl sites for hydroxylation is 1. The van der Waals surface area contributed by atoms with E-state index in [2.05, 4.69) is 0 Å². The summed E-state index contributed by atoms with van der Waals surface area (Å²) in [5.74, 6) is 0.532. The molecular weight excluding hydrogens is 297 g/mol. The van der Waals surface area contributed by atoms with Crippen LogP contribution in [0.1, 0.15) is 24.7 Å². The fourth-order valence-corrected chi connectivity index (χ4v) is 1.97. The topological polar surface area (TPSA) is 39.4 Å². The van der Waals surface area contributed by atoms with Gasteiger partial charge in [0.2, 0.25) is 0 Å². The molecule has 0 N–H and O–H groups in total. The molecule has 0 aliphatic heterocycles. The summed E-state index contributed by atoms with van der Waals surface area (Å²) >= 11 is 0. The van der Waals surface area contributed by atoms with Gasteiger partial charge in [0, 0.05) is 12.0 Å². The number of halogens is 3. The SMILES string of the molecule is CCOC(=O)CCc1ccc(-c2cccc(C(F)(F)F)c2)o1. The third-order valence-electron chi connectivity index (χ3n) is 3.02.